The lowest BCUT2D eigenvalue weighted by molar-refractivity contribution is 0.167. The molecule has 21 heavy (non-hydrogen) atoms. The summed E-state index contributed by atoms with van der Waals surface area (Å²) in [5.74, 6) is 7.41. The summed E-state index contributed by atoms with van der Waals surface area (Å²) in [5.41, 5.74) is 6.44. The Morgan fingerprint density at radius 2 is 2.14 bits per heavy atom. The fourth-order valence-corrected chi connectivity index (χ4v) is 2.56. The molecule has 2 aromatic rings. The summed E-state index contributed by atoms with van der Waals surface area (Å²) in [7, 11) is 0. The Hall–Kier alpha value is -2.02. The second-order valence-electron chi connectivity index (χ2n) is 5.21. The Balaban J connectivity index is 1.92. The molecule has 3 rings (SSSR count). The summed E-state index contributed by atoms with van der Waals surface area (Å²) in [5, 5.41) is 2.27. The number of hydrogen-bond donors (Lipinski definition) is 1. The normalized spacial score (nSPS) is 17.5. The van der Waals surface area contributed by atoms with Gasteiger partial charge in [-0.05, 0) is 17.9 Å². The molecule has 0 saturated carbocycles. The van der Waals surface area contributed by atoms with Gasteiger partial charge < -0.3 is 15.2 Å². The minimum atomic E-state index is 0.346. The van der Waals surface area contributed by atoms with Crippen LogP contribution in [0.15, 0.2) is 36.4 Å². The predicted octanol–water partition coefficient (Wildman–Crippen LogP) is 2.57. The molecule has 2 aromatic carbocycles. The van der Waals surface area contributed by atoms with Gasteiger partial charge in [-0.25, -0.2) is 0 Å². The number of benzene rings is 2. The lowest BCUT2D eigenvalue weighted by Gasteiger charge is -2.13. The summed E-state index contributed by atoms with van der Waals surface area (Å²) in [6.07, 6.45) is 1.07. The third kappa shape index (κ3) is 3.18. The van der Waals surface area contributed by atoms with Gasteiger partial charge in [-0.2, -0.15) is 0 Å². The quantitative estimate of drug-likeness (QED) is 0.879. The molecular weight excluding hydrogens is 262 g/mol. The van der Waals surface area contributed by atoms with Gasteiger partial charge in [0.05, 0.1) is 25.3 Å². The van der Waals surface area contributed by atoms with E-state index in [4.69, 9.17) is 15.2 Å². The van der Waals surface area contributed by atoms with Gasteiger partial charge in [0, 0.05) is 17.9 Å². The zero-order chi connectivity index (χ0) is 14.5. The van der Waals surface area contributed by atoms with Gasteiger partial charge in [0.1, 0.15) is 5.75 Å². The fourth-order valence-electron chi connectivity index (χ4n) is 2.56. The molecule has 1 aliphatic heterocycles. The minimum Gasteiger partial charge on any atom is -0.492 e. The molecule has 0 aromatic heterocycles. The van der Waals surface area contributed by atoms with Crippen LogP contribution < -0.4 is 10.5 Å². The molecule has 0 radical (unpaired) electrons. The Kier molecular flexibility index (Phi) is 4.40. The average molecular weight is 281 g/mol. The molecular formula is C18H19NO2. The van der Waals surface area contributed by atoms with Crippen LogP contribution in [0.3, 0.4) is 0 Å². The maximum atomic E-state index is 6.00. The highest BCUT2D eigenvalue weighted by molar-refractivity contribution is 5.90. The number of ether oxygens (including phenoxy) is 2. The molecule has 1 heterocycles. The maximum absolute atomic E-state index is 6.00. The van der Waals surface area contributed by atoms with Crippen molar-refractivity contribution in [3.05, 3.63) is 42.0 Å². The SMILES string of the molecule is NCC#Cc1c(OCC2CCOC2)ccc2ccccc12. The highest BCUT2D eigenvalue weighted by Crippen LogP contribution is 2.28. The molecule has 0 spiro atoms. The first-order valence-corrected chi connectivity index (χ1v) is 7.29. The van der Waals surface area contributed by atoms with E-state index in [1.54, 1.807) is 0 Å². The van der Waals surface area contributed by atoms with Crippen LogP contribution in [-0.4, -0.2) is 26.4 Å². The number of hydrogen-bond acceptors (Lipinski definition) is 3. The topological polar surface area (TPSA) is 44.5 Å². The van der Waals surface area contributed by atoms with E-state index in [0.29, 0.717) is 19.1 Å². The minimum absolute atomic E-state index is 0.346. The van der Waals surface area contributed by atoms with Gasteiger partial charge >= 0.3 is 0 Å². The van der Waals surface area contributed by atoms with Crippen LogP contribution in [0.4, 0.5) is 0 Å². The molecule has 1 atom stereocenters. The first-order chi connectivity index (χ1) is 10.4. The second-order valence-corrected chi connectivity index (χ2v) is 5.21. The van der Waals surface area contributed by atoms with E-state index >= 15 is 0 Å². The average Bonchev–Trinajstić information content (AvgIpc) is 3.04. The summed E-state index contributed by atoms with van der Waals surface area (Å²) in [6.45, 7) is 2.65. The molecule has 1 aliphatic rings. The predicted molar refractivity (Wildman–Crippen MR) is 84.3 cm³/mol. The van der Waals surface area contributed by atoms with Crippen molar-refractivity contribution in [1.82, 2.24) is 0 Å². The third-order valence-electron chi connectivity index (χ3n) is 3.70. The lowest BCUT2D eigenvalue weighted by atomic mass is 10.0. The molecule has 2 N–H and O–H groups in total. The second kappa shape index (κ2) is 6.62. The van der Waals surface area contributed by atoms with Gasteiger partial charge in [0.15, 0.2) is 0 Å². The van der Waals surface area contributed by atoms with Crippen LogP contribution in [-0.2, 0) is 4.74 Å². The molecule has 1 fully saturated rings. The van der Waals surface area contributed by atoms with Crippen LogP contribution in [0.5, 0.6) is 5.75 Å². The van der Waals surface area contributed by atoms with Crippen LogP contribution in [0.25, 0.3) is 10.8 Å². The number of rotatable bonds is 3. The van der Waals surface area contributed by atoms with Gasteiger partial charge in [0.25, 0.3) is 0 Å². The number of nitrogens with two attached hydrogens (primary N) is 1. The summed E-state index contributed by atoms with van der Waals surface area (Å²) < 4.78 is 11.4. The zero-order valence-electron chi connectivity index (χ0n) is 12.0. The van der Waals surface area contributed by atoms with Crippen LogP contribution in [0.1, 0.15) is 12.0 Å². The van der Waals surface area contributed by atoms with Gasteiger partial charge in [-0.15, -0.1) is 0 Å². The van der Waals surface area contributed by atoms with E-state index in [-0.39, 0.29) is 0 Å². The largest absolute Gasteiger partial charge is 0.492 e. The molecule has 108 valence electrons. The van der Waals surface area contributed by atoms with Crippen LogP contribution in [0, 0.1) is 17.8 Å². The first kappa shape index (κ1) is 13.9. The highest BCUT2D eigenvalue weighted by Gasteiger charge is 2.17. The van der Waals surface area contributed by atoms with Gasteiger partial charge in [-0.3, -0.25) is 0 Å². The summed E-state index contributed by atoms with van der Waals surface area (Å²) in [4.78, 5) is 0. The van der Waals surface area contributed by atoms with Gasteiger partial charge in [0.2, 0.25) is 0 Å². The number of fused-ring (bicyclic) bond motifs is 1. The first-order valence-electron chi connectivity index (χ1n) is 7.29. The van der Waals surface area contributed by atoms with Crippen LogP contribution >= 0.6 is 0 Å². The van der Waals surface area contributed by atoms with Crippen molar-refractivity contribution in [3.8, 4) is 17.6 Å². The van der Waals surface area contributed by atoms with Crippen molar-refractivity contribution in [2.24, 2.45) is 11.7 Å². The van der Waals surface area contributed by atoms with E-state index in [2.05, 4.69) is 30.0 Å². The Morgan fingerprint density at radius 3 is 2.95 bits per heavy atom. The lowest BCUT2D eigenvalue weighted by Crippen LogP contribution is -2.12. The zero-order valence-corrected chi connectivity index (χ0v) is 12.0. The maximum Gasteiger partial charge on any atom is 0.135 e. The summed E-state index contributed by atoms with van der Waals surface area (Å²) >= 11 is 0. The Labute approximate surface area is 125 Å². The van der Waals surface area contributed by atoms with Gasteiger partial charge in [-0.1, -0.05) is 42.2 Å². The van der Waals surface area contributed by atoms with Crippen molar-refractivity contribution in [2.45, 2.75) is 6.42 Å². The smallest absolute Gasteiger partial charge is 0.135 e. The van der Waals surface area contributed by atoms with Crippen molar-refractivity contribution in [3.63, 3.8) is 0 Å². The van der Waals surface area contributed by atoms with Crippen molar-refractivity contribution >= 4 is 10.8 Å². The standard InChI is InChI=1S/C18H19NO2/c19-10-3-6-17-16-5-2-1-4-15(16)7-8-18(17)21-13-14-9-11-20-12-14/h1-2,4-5,7-8,14H,9-13,19H2. The molecule has 3 heteroatoms. The molecule has 1 saturated heterocycles. The van der Waals surface area contributed by atoms with Crippen molar-refractivity contribution < 1.29 is 9.47 Å². The van der Waals surface area contributed by atoms with E-state index < -0.39 is 0 Å². The molecule has 1 unspecified atom stereocenters. The van der Waals surface area contributed by atoms with E-state index in [1.807, 2.05) is 18.2 Å². The molecule has 0 bridgehead atoms. The van der Waals surface area contributed by atoms with E-state index in [1.165, 1.54) is 0 Å². The molecule has 0 aliphatic carbocycles. The Bertz CT molecular complexity index is 678. The van der Waals surface area contributed by atoms with Crippen molar-refractivity contribution in [1.29, 1.82) is 0 Å². The monoisotopic (exact) mass is 281 g/mol. The molecule has 3 nitrogen and oxygen atoms in total. The van der Waals surface area contributed by atoms with E-state index in [0.717, 1.165) is 41.7 Å². The third-order valence-corrected chi connectivity index (χ3v) is 3.70. The van der Waals surface area contributed by atoms with E-state index in [9.17, 15) is 0 Å². The molecule has 0 amide bonds. The van der Waals surface area contributed by atoms with Crippen molar-refractivity contribution in [2.75, 3.05) is 26.4 Å². The summed E-state index contributed by atoms with van der Waals surface area (Å²) in [6, 6.07) is 12.3. The Morgan fingerprint density at radius 1 is 1.24 bits per heavy atom. The highest BCUT2D eigenvalue weighted by atomic mass is 16.5. The van der Waals surface area contributed by atoms with Crippen LogP contribution in [0.2, 0.25) is 0 Å². The fraction of sp³-hybridized carbons (Fsp3) is 0.333.